The summed E-state index contributed by atoms with van der Waals surface area (Å²) in [6.45, 7) is 6.19. The van der Waals surface area contributed by atoms with E-state index < -0.39 is 0 Å². The highest BCUT2D eigenvalue weighted by Gasteiger charge is 2.34. The van der Waals surface area contributed by atoms with Gasteiger partial charge in [0.2, 0.25) is 0 Å². The van der Waals surface area contributed by atoms with Gasteiger partial charge < -0.3 is 10.1 Å². The maximum atomic E-state index is 5.56. The third-order valence-electron chi connectivity index (χ3n) is 3.94. The molecule has 3 nitrogen and oxygen atoms in total. The number of rotatable bonds is 5. The Morgan fingerprint density at radius 3 is 2.83 bits per heavy atom. The van der Waals surface area contributed by atoms with Gasteiger partial charge in [0.15, 0.2) is 0 Å². The minimum Gasteiger partial charge on any atom is -0.381 e. The van der Waals surface area contributed by atoms with Crippen LogP contribution in [0.2, 0.25) is 0 Å². The van der Waals surface area contributed by atoms with E-state index in [9.17, 15) is 0 Å². The van der Waals surface area contributed by atoms with Gasteiger partial charge >= 0.3 is 0 Å². The second-order valence-electron chi connectivity index (χ2n) is 5.45. The van der Waals surface area contributed by atoms with Crippen LogP contribution in [-0.2, 0) is 11.2 Å². The molecule has 1 saturated carbocycles. The standard InChI is InChI=1S/C14H22N2OS/c1-3-12-9(2)18-14(16-12)13(15-11-4-5-11)10-6-7-17-8-10/h10-11,13,15H,3-8H2,1-2H3. The molecule has 1 saturated heterocycles. The van der Waals surface area contributed by atoms with Gasteiger partial charge in [-0.1, -0.05) is 6.92 Å². The summed E-state index contributed by atoms with van der Waals surface area (Å²) in [7, 11) is 0. The zero-order valence-corrected chi connectivity index (χ0v) is 12.1. The highest BCUT2D eigenvalue weighted by atomic mass is 32.1. The van der Waals surface area contributed by atoms with Gasteiger partial charge in [-0.25, -0.2) is 4.98 Å². The van der Waals surface area contributed by atoms with Crippen molar-refractivity contribution in [3.8, 4) is 0 Å². The van der Waals surface area contributed by atoms with Crippen LogP contribution in [0.3, 0.4) is 0 Å². The van der Waals surface area contributed by atoms with Crippen LogP contribution in [0.4, 0.5) is 0 Å². The number of aryl methyl sites for hydroxylation is 2. The molecule has 1 N–H and O–H groups in total. The molecule has 1 aromatic heterocycles. The van der Waals surface area contributed by atoms with Gasteiger partial charge in [-0.05, 0) is 32.6 Å². The maximum Gasteiger partial charge on any atom is 0.110 e. The van der Waals surface area contributed by atoms with Gasteiger partial charge in [-0.2, -0.15) is 0 Å². The van der Waals surface area contributed by atoms with E-state index in [1.807, 2.05) is 11.3 Å². The lowest BCUT2D eigenvalue weighted by atomic mass is 9.99. The molecule has 2 unspecified atom stereocenters. The molecule has 2 atom stereocenters. The van der Waals surface area contributed by atoms with Crippen LogP contribution in [0.5, 0.6) is 0 Å². The van der Waals surface area contributed by atoms with Crippen molar-refractivity contribution in [1.82, 2.24) is 10.3 Å². The Balaban J connectivity index is 1.80. The smallest absolute Gasteiger partial charge is 0.110 e. The van der Waals surface area contributed by atoms with Gasteiger partial charge in [-0.15, -0.1) is 11.3 Å². The highest BCUT2D eigenvalue weighted by molar-refractivity contribution is 7.11. The Bertz CT molecular complexity index is 408. The van der Waals surface area contributed by atoms with E-state index in [0.717, 1.165) is 25.7 Å². The Hall–Kier alpha value is -0.450. The zero-order chi connectivity index (χ0) is 12.5. The molecule has 0 radical (unpaired) electrons. The third kappa shape index (κ3) is 2.60. The number of hydrogen-bond acceptors (Lipinski definition) is 4. The van der Waals surface area contributed by atoms with Crippen molar-refractivity contribution >= 4 is 11.3 Å². The molecule has 2 heterocycles. The Morgan fingerprint density at radius 2 is 2.28 bits per heavy atom. The molecule has 0 bridgehead atoms. The summed E-state index contributed by atoms with van der Waals surface area (Å²) in [5.74, 6) is 0.612. The third-order valence-corrected chi connectivity index (χ3v) is 5.04. The highest BCUT2D eigenvalue weighted by Crippen LogP contribution is 2.35. The molecule has 100 valence electrons. The number of aromatic nitrogens is 1. The zero-order valence-electron chi connectivity index (χ0n) is 11.2. The van der Waals surface area contributed by atoms with Crippen LogP contribution in [0, 0.1) is 12.8 Å². The second kappa shape index (κ2) is 5.27. The lowest BCUT2D eigenvalue weighted by Crippen LogP contribution is -2.30. The molecule has 18 heavy (non-hydrogen) atoms. The number of nitrogens with one attached hydrogen (secondary N) is 1. The minimum atomic E-state index is 0.420. The topological polar surface area (TPSA) is 34.2 Å². The van der Waals surface area contributed by atoms with E-state index in [2.05, 4.69) is 19.2 Å². The van der Waals surface area contributed by atoms with E-state index in [0.29, 0.717) is 12.0 Å². The predicted octanol–water partition coefficient (Wildman–Crippen LogP) is 2.84. The Kier molecular flexibility index (Phi) is 3.68. The monoisotopic (exact) mass is 266 g/mol. The van der Waals surface area contributed by atoms with Crippen LogP contribution in [0.25, 0.3) is 0 Å². The fourth-order valence-electron chi connectivity index (χ4n) is 2.64. The van der Waals surface area contributed by atoms with Gasteiger partial charge in [-0.3, -0.25) is 0 Å². The van der Waals surface area contributed by atoms with E-state index in [1.165, 1.54) is 34.8 Å². The molecule has 0 spiro atoms. The summed E-state index contributed by atoms with van der Waals surface area (Å²) in [4.78, 5) is 6.24. The predicted molar refractivity (Wildman–Crippen MR) is 74.1 cm³/mol. The van der Waals surface area contributed by atoms with Crippen molar-refractivity contribution in [1.29, 1.82) is 0 Å². The fourth-order valence-corrected chi connectivity index (χ4v) is 3.80. The molecule has 0 aromatic carbocycles. The van der Waals surface area contributed by atoms with Crippen molar-refractivity contribution in [2.75, 3.05) is 13.2 Å². The number of hydrogen-bond donors (Lipinski definition) is 1. The summed E-state index contributed by atoms with van der Waals surface area (Å²) in [6, 6.07) is 1.15. The first kappa shape index (κ1) is 12.6. The Labute approximate surface area is 113 Å². The molecule has 2 aliphatic rings. The van der Waals surface area contributed by atoms with Crippen LogP contribution in [-0.4, -0.2) is 24.2 Å². The van der Waals surface area contributed by atoms with E-state index in [1.54, 1.807) is 0 Å². The molecule has 0 amide bonds. The number of nitrogens with zero attached hydrogens (tertiary/aromatic N) is 1. The molecule has 3 rings (SSSR count). The molecule has 4 heteroatoms. The summed E-state index contributed by atoms with van der Waals surface area (Å²) in [6.07, 6.45) is 4.87. The largest absolute Gasteiger partial charge is 0.381 e. The minimum absolute atomic E-state index is 0.420. The van der Waals surface area contributed by atoms with Crippen LogP contribution >= 0.6 is 11.3 Å². The summed E-state index contributed by atoms with van der Waals surface area (Å²) in [5, 5.41) is 5.07. The van der Waals surface area contributed by atoms with Crippen molar-refractivity contribution in [2.24, 2.45) is 5.92 Å². The summed E-state index contributed by atoms with van der Waals surface area (Å²) >= 11 is 1.87. The van der Waals surface area contributed by atoms with Gasteiger partial charge in [0.1, 0.15) is 5.01 Å². The average Bonchev–Trinajstić information content (AvgIpc) is 2.90. The van der Waals surface area contributed by atoms with Crippen molar-refractivity contribution < 1.29 is 4.74 Å². The quantitative estimate of drug-likeness (QED) is 0.890. The van der Waals surface area contributed by atoms with Crippen LogP contribution in [0.1, 0.15) is 47.8 Å². The molecule has 2 fully saturated rings. The van der Waals surface area contributed by atoms with Gasteiger partial charge in [0.25, 0.3) is 0 Å². The SMILES string of the molecule is CCc1nc(C(NC2CC2)C2CCOC2)sc1C. The maximum absolute atomic E-state index is 5.56. The van der Waals surface area contributed by atoms with Crippen LogP contribution in [0.15, 0.2) is 0 Å². The average molecular weight is 266 g/mol. The van der Waals surface area contributed by atoms with Gasteiger partial charge in [0, 0.05) is 23.4 Å². The van der Waals surface area contributed by atoms with Crippen molar-refractivity contribution in [3.05, 3.63) is 15.6 Å². The van der Waals surface area contributed by atoms with Gasteiger partial charge in [0.05, 0.1) is 18.3 Å². The van der Waals surface area contributed by atoms with E-state index in [4.69, 9.17) is 9.72 Å². The van der Waals surface area contributed by atoms with Crippen molar-refractivity contribution in [2.45, 2.75) is 51.6 Å². The van der Waals surface area contributed by atoms with E-state index >= 15 is 0 Å². The van der Waals surface area contributed by atoms with E-state index in [-0.39, 0.29) is 0 Å². The molecule has 1 aliphatic heterocycles. The molecule has 1 aromatic rings. The first-order chi connectivity index (χ1) is 8.78. The fraction of sp³-hybridized carbons (Fsp3) is 0.786. The number of ether oxygens (including phenoxy) is 1. The first-order valence-electron chi connectivity index (χ1n) is 7.08. The summed E-state index contributed by atoms with van der Waals surface area (Å²) in [5.41, 5.74) is 1.27. The normalized spacial score (nSPS) is 25.6. The lowest BCUT2D eigenvalue weighted by molar-refractivity contribution is 0.176. The second-order valence-corrected chi connectivity index (χ2v) is 6.69. The summed E-state index contributed by atoms with van der Waals surface area (Å²) < 4.78 is 5.56. The Morgan fingerprint density at radius 1 is 1.44 bits per heavy atom. The van der Waals surface area contributed by atoms with Crippen LogP contribution < -0.4 is 5.32 Å². The number of thiazole rings is 1. The van der Waals surface area contributed by atoms with Crippen molar-refractivity contribution in [3.63, 3.8) is 0 Å². The first-order valence-corrected chi connectivity index (χ1v) is 7.89. The molecule has 1 aliphatic carbocycles. The lowest BCUT2D eigenvalue weighted by Gasteiger charge is -2.21. The molecular formula is C14H22N2OS. The molecular weight excluding hydrogens is 244 g/mol.